The number of nitrogens with zero attached hydrogens (tertiary/aromatic N) is 2. The maximum Gasteiger partial charge on any atom is 0.253 e. The maximum atomic E-state index is 3.55. The van der Waals surface area contributed by atoms with Crippen LogP contribution in [0.4, 0.5) is 0 Å². The van der Waals surface area contributed by atoms with Crippen LogP contribution in [0.25, 0.3) is 0 Å². The molecule has 1 aliphatic rings. The summed E-state index contributed by atoms with van der Waals surface area (Å²) in [5.74, 6) is 1.39. The molecule has 0 spiro atoms. The monoisotopic (exact) mass is 222 g/mol. The molecule has 0 aliphatic carbocycles. The van der Waals surface area contributed by atoms with Crippen molar-refractivity contribution < 1.29 is 4.57 Å². The minimum absolute atomic E-state index is 0.686. The first-order valence-corrected chi connectivity index (χ1v) is 6.60. The zero-order chi connectivity index (χ0) is 11.4. The largest absolute Gasteiger partial charge is 0.310 e. The van der Waals surface area contributed by atoms with Crippen LogP contribution in [0.15, 0.2) is 12.4 Å². The molecule has 16 heavy (non-hydrogen) atoms. The van der Waals surface area contributed by atoms with Crippen molar-refractivity contribution in [3.63, 3.8) is 0 Å². The van der Waals surface area contributed by atoms with E-state index >= 15 is 0 Å². The van der Waals surface area contributed by atoms with Gasteiger partial charge in [-0.3, -0.25) is 0 Å². The van der Waals surface area contributed by atoms with E-state index in [4.69, 9.17) is 0 Å². The molecule has 2 heterocycles. The van der Waals surface area contributed by atoms with Gasteiger partial charge in [-0.15, -0.1) is 0 Å². The average Bonchev–Trinajstić information content (AvgIpc) is 2.89. The molecule has 0 unspecified atom stereocenters. The number of unbranched alkanes of at least 4 members (excludes halogenated alkanes) is 1. The molecule has 1 saturated heterocycles. The van der Waals surface area contributed by atoms with Crippen molar-refractivity contribution in [2.75, 3.05) is 6.54 Å². The number of imidazole rings is 1. The maximum absolute atomic E-state index is 3.55. The smallest absolute Gasteiger partial charge is 0.253 e. The predicted molar refractivity (Wildman–Crippen MR) is 65.3 cm³/mol. The molecule has 1 N–H and O–H groups in total. The first-order chi connectivity index (χ1) is 7.81. The summed E-state index contributed by atoms with van der Waals surface area (Å²) in [6.45, 7) is 7.96. The predicted octanol–water partition coefficient (Wildman–Crippen LogP) is 1.64. The molecule has 3 heteroatoms. The number of rotatable bonds is 5. The van der Waals surface area contributed by atoms with Crippen LogP contribution in [0.5, 0.6) is 0 Å². The molecule has 1 aliphatic heterocycles. The van der Waals surface area contributed by atoms with Crippen molar-refractivity contribution in [3.05, 3.63) is 18.2 Å². The molecule has 3 nitrogen and oxygen atoms in total. The Balaban J connectivity index is 1.95. The second-order valence-corrected chi connectivity index (χ2v) is 4.84. The Morgan fingerprint density at radius 2 is 2.44 bits per heavy atom. The summed E-state index contributed by atoms with van der Waals surface area (Å²) in [5.41, 5.74) is 0. The van der Waals surface area contributed by atoms with Crippen molar-refractivity contribution in [2.45, 2.75) is 58.7 Å². The lowest BCUT2D eigenvalue weighted by Crippen LogP contribution is -2.44. The summed E-state index contributed by atoms with van der Waals surface area (Å²) in [5, 5.41) is 3.55. The quantitative estimate of drug-likeness (QED) is 0.751. The summed E-state index contributed by atoms with van der Waals surface area (Å²) < 4.78 is 4.76. The normalized spacial score (nSPS) is 20.5. The molecule has 90 valence electrons. The highest BCUT2D eigenvalue weighted by Gasteiger charge is 2.19. The lowest BCUT2D eigenvalue weighted by Gasteiger charge is -2.07. The van der Waals surface area contributed by atoms with Crippen LogP contribution in [0.1, 0.15) is 38.4 Å². The van der Waals surface area contributed by atoms with Gasteiger partial charge in [-0.25, -0.2) is 9.13 Å². The summed E-state index contributed by atoms with van der Waals surface area (Å²) in [4.78, 5) is 0. The molecule has 0 saturated carbocycles. The van der Waals surface area contributed by atoms with Gasteiger partial charge in [0.15, 0.2) is 0 Å². The third-order valence-electron chi connectivity index (χ3n) is 3.59. The van der Waals surface area contributed by atoms with Gasteiger partial charge in [0.25, 0.3) is 5.82 Å². The highest BCUT2D eigenvalue weighted by Crippen LogP contribution is 2.06. The van der Waals surface area contributed by atoms with Crippen LogP contribution in [-0.2, 0) is 13.1 Å². The van der Waals surface area contributed by atoms with Gasteiger partial charge in [-0.2, -0.15) is 0 Å². The summed E-state index contributed by atoms with van der Waals surface area (Å²) in [6.07, 6.45) is 9.65. The molecule has 0 aromatic carbocycles. The second kappa shape index (κ2) is 5.48. The van der Waals surface area contributed by atoms with Crippen molar-refractivity contribution in [2.24, 2.45) is 0 Å². The van der Waals surface area contributed by atoms with Gasteiger partial charge in [0.2, 0.25) is 0 Å². The van der Waals surface area contributed by atoms with Crippen molar-refractivity contribution in [1.29, 1.82) is 0 Å². The van der Waals surface area contributed by atoms with Crippen LogP contribution >= 0.6 is 0 Å². The van der Waals surface area contributed by atoms with Gasteiger partial charge in [-0.05, 0) is 25.8 Å². The highest BCUT2D eigenvalue weighted by molar-refractivity contribution is 4.80. The first kappa shape index (κ1) is 11.6. The Bertz CT molecular complexity index is 324. The molecule has 1 fully saturated rings. The molecule has 0 amide bonds. The van der Waals surface area contributed by atoms with Gasteiger partial charge >= 0.3 is 0 Å². The second-order valence-electron chi connectivity index (χ2n) is 4.84. The molecule has 0 radical (unpaired) electrons. The van der Waals surface area contributed by atoms with E-state index in [1.165, 1.54) is 38.1 Å². The van der Waals surface area contributed by atoms with Gasteiger partial charge in [-0.1, -0.05) is 13.3 Å². The molecule has 0 bridgehead atoms. The van der Waals surface area contributed by atoms with Gasteiger partial charge < -0.3 is 5.32 Å². The number of nitrogens with one attached hydrogen (secondary N) is 1. The van der Waals surface area contributed by atoms with E-state index in [-0.39, 0.29) is 0 Å². The van der Waals surface area contributed by atoms with E-state index in [0.717, 1.165) is 13.1 Å². The first-order valence-electron chi connectivity index (χ1n) is 6.60. The number of aryl methyl sites for hydroxylation is 1. The van der Waals surface area contributed by atoms with E-state index in [0.29, 0.717) is 6.04 Å². The summed E-state index contributed by atoms with van der Waals surface area (Å²) in [7, 11) is 0. The standard InChI is InChI=1S/C13H24N3/c1-3-4-8-15-9-10-16(12(15)2)11-13-6-5-7-14-13/h9-10,13-14H,3-8,11H2,1-2H3/q+1/t13-/m0/s1. The number of hydrogen-bond acceptors (Lipinski definition) is 1. The lowest BCUT2D eigenvalue weighted by atomic mass is 10.2. The number of aromatic nitrogens is 2. The summed E-state index contributed by atoms with van der Waals surface area (Å²) >= 11 is 0. The fourth-order valence-electron chi connectivity index (χ4n) is 2.45. The van der Waals surface area contributed by atoms with Crippen molar-refractivity contribution >= 4 is 0 Å². The molecule has 1 atom stereocenters. The van der Waals surface area contributed by atoms with E-state index in [1.807, 2.05) is 0 Å². The molecular weight excluding hydrogens is 198 g/mol. The van der Waals surface area contributed by atoms with Crippen LogP contribution in [0.2, 0.25) is 0 Å². The average molecular weight is 222 g/mol. The third kappa shape index (κ3) is 2.64. The lowest BCUT2D eigenvalue weighted by molar-refractivity contribution is -0.704. The van der Waals surface area contributed by atoms with Crippen molar-refractivity contribution in [3.8, 4) is 0 Å². The van der Waals surface area contributed by atoms with Crippen LogP contribution in [0, 0.1) is 6.92 Å². The zero-order valence-corrected chi connectivity index (χ0v) is 10.6. The van der Waals surface area contributed by atoms with E-state index in [2.05, 4.69) is 40.7 Å². The third-order valence-corrected chi connectivity index (χ3v) is 3.59. The Kier molecular flexibility index (Phi) is 3.99. The van der Waals surface area contributed by atoms with Gasteiger partial charge in [0, 0.05) is 13.0 Å². The fourth-order valence-corrected chi connectivity index (χ4v) is 2.45. The minimum atomic E-state index is 0.686. The van der Waals surface area contributed by atoms with Gasteiger partial charge in [0.1, 0.15) is 18.9 Å². The topological polar surface area (TPSA) is 20.8 Å². The Morgan fingerprint density at radius 3 is 3.12 bits per heavy atom. The van der Waals surface area contributed by atoms with E-state index in [1.54, 1.807) is 0 Å². The molecular formula is C13H24N3+. The summed E-state index contributed by atoms with van der Waals surface area (Å²) in [6, 6.07) is 0.686. The van der Waals surface area contributed by atoms with Crippen LogP contribution in [0.3, 0.4) is 0 Å². The molecule has 1 aromatic heterocycles. The number of hydrogen-bond donors (Lipinski definition) is 1. The highest BCUT2D eigenvalue weighted by atomic mass is 15.2. The van der Waals surface area contributed by atoms with Gasteiger partial charge in [0.05, 0.1) is 6.54 Å². The fraction of sp³-hybridized carbons (Fsp3) is 0.769. The van der Waals surface area contributed by atoms with Crippen molar-refractivity contribution in [1.82, 2.24) is 9.88 Å². The Morgan fingerprint density at radius 1 is 1.56 bits per heavy atom. The SMILES string of the molecule is CCCCn1cc[n+](C[C@@H]2CCCN2)c1C. The van der Waals surface area contributed by atoms with E-state index < -0.39 is 0 Å². The molecule has 2 rings (SSSR count). The zero-order valence-electron chi connectivity index (χ0n) is 10.6. The molecule has 1 aromatic rings. The van der Waals surface area contributed by atoms with Crippen LogP contribution in [-0.4, -0.2) is 17.2 Å². The minimum Gasteiger partial charge on any atom is -0.310 e. The van der Waals surface area contributed by atoms with Crippen LogP contribution < -0.4 is 9.88 Å². The van der Waals surface area contributed by atoms with E-state index in [9.17, 15) is 0 Å². The Hall–Kier alpha value is -0.830. The Labute approximate surface area is 98.5 Å².